The Morgan fingerprint density at radius 1 is 1.50 bits per heavy atom. The minimum Gasteiger partial charge on any atom is -0.385 e. The molecule has 0 aromatic heterocycles. The molecule has 1 rings (SSSR count). The molecule has 72 valence electrons. The minimum atomic E-state index is -0.893. The summed E-state index contributed by atoms with van der Waals surface area (Å²) in [4.78, 5) is 0. The van der Waals surface area contributed by atoms with Crippen molar-refractivity contribution in [2.45, 2.75) is 18.9 Å². The Bertz CT molecular complexity index is 357. The zero-order valence-electron chi connectivity index (χ0n) is 8.20. The van der Waals surface area contributed by atoms with Crippen LogP contribution in [-0.4, -0.2) is 5.11 Å². The Morgan fingerprint density at radius 3 is 2.50 bits per heavy atom. The van der Waals surface area contributed by atoms with Gasteiger partial charge in [0.25, 0.3) is 0 Å². The van der Waals surface area contributed by atoms with E-state index in [4.69, 9.17) is 5.26 Å². The molecule has 1 aromatic rings. The molecule has 2 nitrogen and oxygen atoms in total. The molecule has 0 aliphatic heterocycles. The molecule has 0 saturated carbocycles. The van der Waals surface area contributed by atoms with Gasteiger partial charge in [0, 0.05) is 0 Å². The molecule has 1 atom stereocenters. The molecule has 14 heavy (non-hydrogen) atoms. The van der Waals surface area contributed by atoms with Gasteiger partial charge in [0.2, 0.25) is 0 Å². The zero-order valence-corrected chi connectivity index (χ0v) is 8.20. The van der Waals surface area contributed by atoms with Gasteiger partial charge in [-0.15, -0.1) is 6.58 Å². The quantitative estimate of drug-likeness (QED) is 0.738. The van der Waals surface area contributed by atoms with Crippen molar-refractivity contribution < 1.29 is 5.11 Å². The van der Waals surface area contributed by atoms with E-state index in [1.165, 1.54) is 0 Å². The molecule has 0 amide bonds. The lowest BCUT2D eigenvalue weighted by molar-refractivity contribution is 0.0606. The van der Waals surface area contributed by atoms with Crippen LogP contribution in [0.2, 0.25) is 0 Å². The predicted octanol–water partition coefficient (Wildman–Crippen LogP) is 2.34. The van der Waals surface area contributed by atoms with Crippen LogP contribution in [-0.2, 0) is 5.60 Å². The average molecular weight is 187 g/mol. The van der Waals surface area contributed by atoms with Crippen LogP contribution in [0.3, 0.4) is 0 Å². The summed E-state index contributed by atoms with van der Waals surface area (Å²) < 4.78 is 0. The molecule has 1 N–H and O–H groups in total. The molecule has 0 fully saturated rings. The summed E-state index contributed by atoms with van der Waals surface area (Å²) in [5.74, 6) is 0. The molecule has 2 heteroatoms. The Hall–Kier alpha value is -1.59. The van der Waals surface area contributed by atoms with Crippen LogP contribution < -0.4 is 0 Å². The molecule has 0 radical (unpaired) electrons. The Kier molecular flexibility index (Phi) is 3.06. The Balaban J connectivity index is 2.97. The highest BCUT2D eigenvalue weighted by molar-refractivity contribution is 5.33. The highest BCUT2D eigenvalue weighted by Crippen LogP contribution is 2.24. The lowest BCUT2D eigenvalue weighted by Crippen LogP contribution is -2.19. The maximum absolute atomic E-state index is 10.00. The first kappa shape index (κ1) is 10.5. The lowest BCUT2D eigenvalue weighted by atomic mass is 9.92. The van der Waals surface area contributed by atoms with Gasteiger partial charge in [0.1, 0.15) is 0 Å². The third kappa shape index (κ3) is 2.21. The largest absolute Gasteiger partial charge is 0.385 e. The Labute approximate surface area is 84.1 Å². The number of hydrogen-bond donors (Lipinski definition) is 1. The second-order valence-corrected chi connectivity index (χ2v) is 3.46. The summed E-state index contributed by atoms with van der Waals surface area (Å²) in [5, 5.41) is 18.6. The second kappa shape index (κ2) is 4.08. The van der Waals surface area contributed by atoms with Crippen molar-refractivity contribution in [2.24, 2.45) is 0 Å². The lowest BCUT2D eigenvalue weighted by Gasteiger charge is -2.21. The molecule has 0 aliphatic rings. The van der Waals surface area contributed by atoms with Gasteiger partial charge in [0.15, 0.2) is 0 Å². The van der Waals surface area contributed by atoms with Crippen LogP contribution >= 0.6 is 0 Å². The third-order valence-corrected chi connectivity index (χ3v) is 2.18. The van der Waals surface area contributed by atoms with Crippen molar-refractivity contribution in [2.75, 3.05) is 0 Å². The van der Waals surface area contributed by atoms with E-state index < -0.39 is 5.60 Å². The molecule has 0 bridgehead atoms. The highest BCUT2D eigenvalue weighted by atomic mass is 16.3. The van der Waals surface area contributed by atoms with Crippen LogP contribution in [0.15, 0.2) is 36.9 Å². The monoisotopic (exact) mass is 187 g/mol. The SMILES string of the molecule is C=CCC(C)(O)c1ccc(C#N)cc1. The second-order valence-electron chi connectivity index (χ2n) is 3.46. The smallest absolute Gasteiger partial charge is 0.0991 e. The fraction of sp³-hybridized carbons (Fsp3) is 0.250. The van der Waals surface area contributed by atoms with Crippen LogP contribution in [0.1, 0.15) is 24.5 Å². The van der Waals surface area contributed by atoms with E-state index >= 15 is 0 Å². The molecule has 0 aliphatic carbocycles. The number of benzene rings is 1. The van der Waals surface area contributed by atoms with Gasteiger partial charge in [-0.25, -0.2) is 0 Å². The molecule has 0 spiro atoms. The molecular weight excluding hydrogens is 174 g/mol. The van der Waals surface area contributed by atoms with Crippen molar-refractivity contribution in [1.29, 1.82) is 5.26 Å². The number of nitrogens with zero attached hydrogens (tertiary/aromatic N) is 1. The minimum absolute atomic E-state index is 0.499. The van der Waals surface area contributed by atoms with Crippen LogP contribution in [0, 0.1) is 11.3 Å². The molecule has 1 unspecified atom stereocenters. The van der Waals surface area contributed by atoms with E-state index in [0.29, 0.717) is 12.0 Å². The van der Waals surface area contributed by atoms with Gasteiger partial charge in [-0.1, -0.05) is 18.2 Å². The van der Waals surface area contributed by atoms with Gasteiger partial charge in [-0.3, -0.25) is 0 Å². The number of rotatable bonds is 3. The first-order valence-electron chi connectivity index (χ1n) is 4.44. The molecule has 0 heterocycles. The van der Waals surface area contributed by atoms with Crippen molar-refractivity contribution in [1.82, 2.24) is 0 Å². The molecular formula is C12H13NO. The summed E-state index contributed by atoms with van der Waals surface area (Å²) in [6, 6.07) is 8.97. The summed E-state index contributed by atoms with van der Waals surface area (Å²) in [5.41, 5.74) is 0.509. The maximum Gasteiger partial charge on any atom is 0.0991 e. The molecule has 1 aromatic carbocycles. The van der Waals surface area contributed by atoms with Crippen molar-refractivity contribution in [3.63, 3.8) is 0 Å². The van der Waals surface area contributed by atoms with Crippen LogP contribution in [0.4, 0.5) is 0 Å². The third-order valence-electron chi connectivity index (χ3n) is 2.18. The fourth-order valence-electron chi connectivity index (χ4n) is 1.30. The summed E-state index contributed by atoms with van der Waals surface area (Å²) >= 11 is 0. The van der Waals surface area contributed by atoms with Crippen molar-refractivity contribution in [3.8, 4) is 6.07 Å². The number of nitriles is 1. The van der Waals surface area contributed by atoms with E-state index in [0.717, 1.165) is 5.56 Å². The van der Waals surface area contributed by atoms with E-state index in [1.54, 1.807) is 37.3 Å². The van der Waals surface area contributed by atoms with Gasteiger partial charge in [0.05, 0.1) is 17.2 Å². The van der Waals surface area contributed by atoms with Gasteiger partial charge in [-0.05, 0) is 31.0 Å². The normalized spacial score (nSPS) is 14.1. The van der Waals surface area contributed by atoms with E-state index in [9.17, 15) is 5.11 Å². The fourth-order valence-corrected chi connectivity index (χ4v) is 1.30. The standard InChI is InChI=1S/C12H13NO/c1-3-8-12(2,14)11-6-4-10(9-13)5-7-11/h3-7,14H,1,8H2,2H3. The van der Waals surface area contributed by atoms with Gasteiger partial charge in [-0.2, -0.15) is 5.26 Å². The predicted molar refractivity (Wildman–Crippen MR) is 55.5 cm³/mol. The van der Waals surface area contributed by atoms with E-state index in [-0.39, 0.29) is 0 Å². The topological polar surface area (TPSA) is 44.0 Å². The summed E-state index contributed by atoms with van der Waals surface area (Å²) in [7, 11) is 0. The first-order chi connectivity index (χ1) is 6.60. The molecule has 0 saturated heterocycles. The van der Waals surface area contributed by atoms with Gasteiger partial charge >= 0.3 is 0 Å². The van der Waals surface area contributed by atoms with Crippen LogP contribution in [0.5, 0.6) is 0 Å². The highest BCUT2D eigenvalue weighted by Gasteiger charge is 2.20. The van der Waals surface area contributed by atoms with Crippen LogP contribution in [0.25, 0.3) is 0 Å². The van der Waals surface area contributed by atoms with Crippen molar-refractivity contribution >= 4 is 0 Å². The maximum atomic E-state index is 10.00. The van der Waals surface area contributed by atoms with Gasteiger partial charge < -0.3 is 5.11 Å². The average Bonchev–Trinajstić information content (AvgIpc) is 2.18. The zero-order chi connectivity index (χ0) is 10.6. The Morgan fingerprint density at radius 2 is 2.07 bits per heavy atom. The van der Waals surface area contributed by atoms with E-state index in [2.05, 4.69) is 6.58 Å². The number of hydrogen-bond acceptors (Lipinski definition) is 2. The van der Waals surface area contributed by atoms with E-state index in [1.807, 2.05) is 6.07 Å². The number of aliphatic hydroxyl groups is 1. The summed E-state index contributed by atoms with van der Waals surface area (Å²) in [6.07, 6.45) is 2.18. The summed E-state index contributed by atoms with van der Waals surface area (Å²) in [6.45, 7) is 5.32. The first-order valence-corrected chi connectivity index (χ1v) is 4.44. The van der Waals surface area contributed by atoms with Crippen molar-refractivity contribution in [3.05, 3.63) is 48.0 Å².